The molecule has 0 amide bonds. The van der Waals surface area contributed by atoms with Crippen LogP contribution in [0.3, 0.4) is 0 Å². The van der Waals surface area contributed by atoms with Crippen molar-refractivity contribution < 1.29 is 0 Å². The highest BCUT2D eigenvalue weighted by molar-refractivity contribution is 7.09. The van der Waals surface area contributed by atoms with Gasteiger partial charge in [0, 0.05) is 37.6 Å². The summed E-state index contributed by atoms with van der Waals surface area (Å²) in [6, 6.07) is 0. The number of guanidine groups is 1. The number of nitrogens with zero attached hydrogens (tertiary/aromatic N) is 4. The molecule has 0 atom stereocenters. The van der Waals surface area contributed by atoms with Crippen molar-refractivity contribution >= 4 is 17.3 Å². The van der Waals surface area contributed by atoms with Crippen LogP contribution in [-0.2, 0) is 6.54 Å². The molecule has 2 saturated heterocycles. The fraction of sp³-hybridized carbons (Fsp3) is 0.818. The Kier molecular flexibility index (Phi) is 8.33. The smallest absolute Gasteiger partial charge is 0.191 e. The maximum atomic E-state index is 4.61. The van der Waals surface area contributed by atoms with Gasteiger partial charge in [0.2, 0.25) is 0 Å². The minimum atomic E-state index is 0.164. The second kappa shape index (κ2) is 10.7. The van der Waals surface area contributed by atoms with E-state index in [1.54, 1.807) is 11.3 Å². The lowest BCUT2D eigenvalue weighted by molar-refractivity contribution is 0.0982. The molecule has 6 nitrogen and oxygen atoms in total. The molecule has 3 heterocycles. The minimum absolute atomic E-state index is 0.164. The van der Waals surface area contributed by atoms with Crippen LogP contribution in [0.1, 0.15) is 56.7 Å². The molecule has 3 rings (SSSR count). The molecule has 29 heavy (non-hydrogen) atoms. The molecule has 1 aromatic rings. The Labute approximate surface area is 181 Å². The predicted molar refractivity (Wildman–Crippen MR) is 124 cm³/mol. The van der Waals surface area contributed by atoms with Gasteiger partial charge in [-0.1, -0.05) is 6.42 Å². The Morgan fingerprint density at radius 1 is 1.17 bits per heavy atom. The predicted octanol–water partition coefficient (Wildman–Crippen LogP) is 3.09. The minimum Gasteiger partial charge on any atom is -0.356 e. The number of nitrogens with one attached hydrogen (secondary N) is 2. The average molecular weight is 421 g/mol. The van der Waals surface area contributed by atoms with E-state index in [9.17, 15) is 0 Å². The molecule has 164 valence electrons. The van der Waals surface area contributed by atoms with Gasteiger partial charge >= 0.3 is 0 Å². The molecule has 0 radical (unpaired) electrons. The van der Waals surface area contributed by atoms with Crippen molar-refractivity contribution in [1.82, 2.24) is 25.4 Å². The molecule has 2 fully saturated rings. The van der Waals surface area contributed by atoms with Crippen molar-refractivity contribution in [2.24, 2.45) is 10.9 Å². The van der Waals surface area contributed by atoms with E-state index < -0.39 is 0 Å². The maximum absolute atomic E-state index is 4.61. The highest BCUT2D eigenvalue weighted by Gasteiger charge is 2.28. The van der Waals surface area contributed by atoms with Gasteiger partial charge in [0.25, 0.3) is 0 Å². The molecule has 0 spiro atoms. The van der Waals surface area contributed by atoms with Gasteiger partial charge in [-0.25, -0.2) is 4.98 Å². The van der Waals surface area contributed by atoms with Gasteiger partial charge in [-0.05, 0) is 78.6 Å². The molecule has 2 aliphatic rings. The normalized spacial score (nSPS) is 20.8. The van der Waals surface area contributed by atoms with Crippen LogP contribution in [0.15, 0.2) is 10.4 Å². The number of thiazole rings is 1. The number of likely N-dealkylation sites (tertiary alicyclic amines) is 2. The lowest BCUT2D eigenvalue weighted by Crippen LogP contribution is -2.55. The second-order valence-corrected chi connectivity index (χ2v) is 10.3. The molecule has 7 heteroatoms. The van der Waals surface area contributed by atoms with Crippen LogP contribution in [0.5, 0.6) is 0 Å². The SMILES string of the molecule is CN=C(NCC1CCN(Cc2csc(C)n2)CC1)NCC(C)(C)N1CCCCC1. The first kappa shape index (κ1) is 22.5. The molecule has 0 saturated carbocycles. The molecule has 1 aromatic heterocycles. The first-order valence-electron chi connectivity index (χ1n) is 11.3. The lowest BCUT2D eigenvalue weighted by atomic mass is 9.96. The molecule has 2 aliphatic heterocycles. The fourth-order valence-corrected chi connectivity index (χ4v) is 5.04. The standard InChI is InChI=1S/C22H40N6S/c1-18-26-20(16-29-18)15-27-12-8-19(9-13-27)14-24-21(23-4)25-17-22(2,3)28-10-6-5-7-11-28/h16,19H,5-15,17H2,1-4H3,(H2,23,24,25). The molecule has 0 unspecified atom stereocenters. The van der Waals surface area contributed by atoms with E-state index >= 15 is 0 Å². The number of hydrogen-bond donors (Lipinski definition) is 2. The lowest BCUT2D eigenvalue weighted by Gasteiger charge is -2.41. The van der Waals surface area contributed by atoms with E-state index in [4.69, 9.17) is 0 Å². The van der Waals surface area contributed by atoms with Crippen molar-refractivity contribution in [3.8, 4) is 0 Å². The molecule has 0 aromatic carbocycles. The second-order valence-electron chi connectivity index (χ2n) is 9.24. The van der Waals surface area contributed by atoms with Crippen molar-refractivity contribution in [2.75, 3.05) is 46.3 Å². The van der Waals surface area contributed by atoms with Gasteiger partial charge < -0.3 is 10.6 Å². The Balaban J connectivity index is 1.35. The van der Waals surface area contributed by atoms with E-state index in [2.05, 4.69) is 56.6 Å². The third kappa shape index (κ3) is 6.93. The van der Waals surface area contributed by atoms with Crippen molar-refractivity contribution in [3.05, 3.63) is 16.1 Å². The van der Waals surface area contributed by atoms with Gasteiger partial charge in [-0.15, -0.1) is 11.3 Å². The Bertz CT molecular complexity index is 641. The highest BCUT2D eigenvalue weighted by atomic mass is 32.1. The number of hydrogen-bond acceptors (Lipinski definition) is 5. The van der Waals surface area contributed by atoms with Crippen LogP contribution < -0.4 is 10.6 Å². The van der Waals surface area contributed by atoms with E-state index in [-0.39, 0.29) is 5.54 Å². The van der Waals surface area contributed by atoms with E-state index in [0.29, 0.717) is 0 Å². The van der Waals surface area contributed by atoms with Crippen molar-refractivity contribution in [1.29, 1.82) is 0 Å². The van der Waals surface area contributed by atoms with Crippen molar-refractivity contribution in [2.45, 2.75) is 65.0 Å². The zero-order chi connectivity index (χ0) is 20.7. The van der Waals surface area contributed by atoms with Crippen LogP contribution in [0, 0.1) is 12.8 Å². The number of rotatable bonds is 7. The van der Waals surface area contributed by atoms with Gasteiger partial charge in [0.05, 0.1) is 10.7 Å². The van der Waals surface area contributed by atoms with Crippen LogP contribution >= 0.6 is 11.3 Å². The molecular formula is C22H40N6S. The number of aromatic nitrogens is 1. The highest BCUT2D eigenvalue weighted by Crippen LogP contribution is 2.21. The Hall–Kier alpha value is -1.18. The first-order chi connectivity index (χ1) is 14.0. The fourth-order valence-electron chi connectivity index (χ4n) is 4.43. The largest absolute Gasteiger partial charge is 0.356 e. The zero-order valence-corrected chi connectivity index (χ0v) is 19.7. The van der Waals surface area contributed by atoms with Gasteiger partial charge in [0.1, 0.15) is 0 Å². The van der Waals surface area contributed by atoms with Crippen LogP contribution in [0.2, 0.25) is 0 Å². The third-order valence-corrected chi connectivity index (χ3v) is 7.26. The Morgan fingerprint density at radius 2 is 1.90 bits per heavy atom. The summed E-state index contributed by atoms with van der Waals surface area (Å²) in [5, 5.41) is 10.5. The molecular weight excluding hydrogens is 380 g/mol. The number of piperidine rings is 2. The first-order valence-corrected chi connectivity index (χ1v) is 12.2. The van der Waals surface area contributed by atoms with E-state index in [0.717, 1.165) is 44.6 Å². The number of aliphatic imine (C=N–C) groups is 1. The monoisotopic (exact) mass is 420 g/mol. The summed E-state index contributed by atoms with van der Waals surface area (Å²) >= 11 is 1.75. The Morgan fingerprint density at radius 3 is 2.52 bits per heavy atom. The zero-order valence-electron chi connectivity index (χ0n) is 18.8. The molecule has 0 aliphatic carbocycles. The van der Waals surface area contributed by atoms with Crippen molar-refractivity contribution in [3.63, 3.8) is 0 Å². The summed E-state index contributed by atoms with van der Waals surface area (Å²) in [6.45, 7) is 14.5. The summed E-state index contributed by atoms with van der Waals surface area (Å²) in [5.74, 6) is 1.66. The summed E-state index contributed by atoms with van der Waals surface area (Å²) in [6.07, 6.45) is 6.53. The molecule has 2 N–H and O–H groups in total. The van der Waals surface area contributed by atoms with Crippen LogP contribution in [0.25, 0.3) is 0 Å². The quantitative estimate of drug-likeness (QED) is 0.524. The van der Waals surface area contributed by atoms with Gasteiger partial charge in [-0.2, -0.15) is 0 Å². The summed E-state index contributed by atoms with van der Waals surface area (Å²) in [7, 11) is 1.88. The van der Waals surface area contributed by atoms with Gasteiger partial charge in [-0.3, -0.25) is 14.8 Å². The topological polar surface area (TPSA) is 55.8 Å². The average Bonchev–Trinajstić information content (AvgIpc) is 3.14. The van der Waals surface area contributed by atoms with Gasteiger partial charge in [0.15, 0.2) is 5.96 Å². The van der Waals surface area contributed by atoms with E-state index in [1.807, 2.05) is 7.05 Å². The third-order valence-electron chi connectivity index (χ3n) is 6.44. The summed E-state index contributed by atoms with van der Waals surface area (Å²) in [4.78, 5) is 14.2. The summed E-state index contributed by atoms with van der Waals surface area (Å²) < 4.78 is 0. The van der Waals surface area contributed by atoms with Crippen LogP contribution in [-0.4, -0.2) is 72.6 Å². The van der Waals surface area contributed by atoms with Crippen LogP contribution in [0.4, 0.5) is 0 Å². The summed E-state index contributed by atoms with van der Waals surface area (Å²) in [5.41, 5.74) is 1.39. The number of aryl methyl sites for hydroxylation is 1. The maximum Gasteiger partial charge on any atom is 0.191 e. The molecule has 0 bridgehead atoms. The van der Waals surface area contributed by atoms with E-state index in [1.165, 1.54) is 55.9 Å².